The van der Waals surface area contributed by atoms with Crippen LogP contribution in [0.25, 0.3) is 10.9 Å². The van der Waals surface area contributed by atoms with Crippen molar-refractivity contribution in [1.82, 2.24) is 10.3 Å². The summed E-state index contributed by atoms with van der Waals surface area (Å²) in [5.41, 5.74) is 2.70. The molecule has 5 rings (SSSR count). The number of hydrogen-bond acceptors (Lipinski definition) is 5. The molecule has 2 heterocycles. The van der Waals surface area contributed by atoms with E-state index in [2.05, 4.69) is 25.8 Å². The number of rotatable bonds is 5. The summed E-state index contributed by atoms with van der Waals surface area (Å²) in [4.78, 5) is 32.3. The molecule has 0 unspecified atom stereocenters. The summed E-state index contributed by atoms with van der Waals surface area (Å²) in [7, 11) is 0. The molecule has 4 aromatic rings. The number of ketones is 1. The van der Waals surface area contributed by atoms with E-state index in [4.69, 9.17) is 0 Å². The zero-order chi connectivity index (χ0) is 25.1. The largest absolute Gasteiger partial charge is 0.368 e. The molecule has 1 aliphatic heterocycles. The Morgan fingerprint density at radius 3 is 2.33 bits per heavy atom. The third-order valence-corrected chi connectivity index (χ3v) is 5.93. The van der Waals surface area contributed by atoms with Gasteiger partial charge in [-0.2, -0.15) is 0 Å². The van der Waals surface area contributed by atoms with Crippen molar-refractivity contribution in [2.45, 2.75) is 0 Å². The number of pyridine rings is 1. The molecule has 0 atom stereocenters. The Morgan fingerprint density at radius 2 is 1.56 bits per heavy atom. The number of amides is 2. The fraction of sp³-hybridized carbons (Fsp3) is 0.148. The number of nitrogens with zero attached hydrogens (tertiary/aromatic N) is 2. The van der Waals surface area contributed by atoms with Gasteiger partial charge in [-0.25, -0.2) is 13.6 Å². The van der Waals surface area contributed by atoms with Crippen LogP contribution in [0.15, 0.2) is 72.9 Å². The van der Waals surface area contributed by atoms with E-state index in [1.54, 1.807) is 18.2 Å². The summed E-state index contributed by atoms with van der Waals surface area (Å²) < 4.78 is 27.4. The first-order chi connectivity index (χ1) is 17.4. The van der Waals surface area contributed by atoms with Crippen molar-refractivity contribution in [1.29, 1.82) is 0 Å². The molecule has 2 amide bonds. The molecule has 1 fully saturated rings. The minimum absolute atomic E-state index is 0.0950. The van der Waals surface area contributed by atoms with Gasteiger partial charge in [0.05, 0.1) is 17.4 Å². The molecule has 3 aromatic carbocycles. The number of fused-ring (bicyclic) bond motifs is 1. The first kappa shape index (κ1) is 23.4. The van der Waals surface area contributed by atoms with Crippen LogP contribution in [0, 0.1) is 11.6 Å². The molecule has 1 aliphatic rings. The fourth-order valence-corrected chi connectivity index (χ4v) is 4.14. The molecule has 36 heavy (non-hydrogen) atoms. The van der Waals surface area contributed by atoms with Crippen molar-refractivity contribution in [2.75, 3.05) is 41.7 Å². The Labute approximate surface area is 206 Å². The average Bonchev–Trinajstić information content (AvgIpc) is 2.89. The maximum atomic E-state index is 14.4. The topological polar surface area (TPSA) is 86.4 Å². The molecule has 182 valence electrons. The van der Waals surface area contributed by atoms with Crippen LogP contribution in [0.4, 0.5) is 30.6 Å². The Balaban J connectivity index is 1.36. The third kappa shape index (κ3) is 5.31. The van der Waals surface area contributed by atoms with E-state index in [1.165, 1.54) is 30.3 Å². The van der Waals surface area contributed by atoms with E-state index < -0.39 is 17.7 Å². The van der Waals surface area contributed by atoms with E-state index in [9.17, 15) is 18.4 Å². The highest BCUT2D eigenvalue weighted by Crippen LogP contribution is 2.24. The smallest absolute Gasteiger partial charge is 0.323 e. The molecule has 3 N–H and O–H groups in total. The molecular formula is C27H23F2N5O2. The van der Waals surface area contributed by atoms with Crippen LogP contribution in [0.3, 0.4) is 0 Å². The normalized spacial score (nSPS) is 13.4. The van der Waals surface area contributed by atoms with Gasteiger partial charge in [0.2, 0.25) is 0 Å². The van der Waals surface area contributed by atoms with E-state index in [0.717, 1.165) is 54.9 Å². The van der Waals surface area contributed by atoms with Crippen molar-refractivity contribution >= 4 is 39.8 Å². The number of piperazine rings is 1. The van der Waals surface area contributed by atoms with Gasteiger partial charge >= 0.3 is 6.03 Å². The van der Waals surface area contributed by atoms with Gasteiger partial charge in [-0.05, 0) is 66.7 Å². The Bertz CT molecular complexity index is 1440. The van der Waals surface area contributed by atoms with Crippen molar-refractivity contribution in [2.24, 2.45) is 0 Å². The number of hydrogen-bond donors (Lipinski definition) is 3. The van der Waals surface area contributed by atoms with E-state index in [0.29, 0.717) is 11.3 Å². The zero-order valence-electron chi connectivity index (χ0n) is 19.2. The van der Waals surface area contributed by atoms with Crippen LogP contribution >= 0.6 is 0 Å². The van der Waals surface area contributed by atoms with Gasteiger partial charge in [-0.3, -0.25) is 9.78 Å². The summed E-state index contributed by atoms with van der Waals surface area (Å²) in [6.07, 6.45) is 1.83. The van der Waals surface area contributed by atoms with Crippen molar-refractivity contribution in [3.63, 3.8) is 0 Å². The number of aromatic nitrogens is 1. The number of nitrogens with one attached hydrogen (secondary N) is 3. The Kier molecular flexibility index (Phi) is 6.55. The van der Waals surface area contributed by atoms with Crippen molar-refractivity contribution in [3.8, 4) is 0 Å². The fourth-order valence-electron chi connectivity index (χ4n) is 4.14. The van der Waals surface area contributed by atoms with Crippen LogP contribution in [-0.4, -0.2) is 43.0 Å². The predicted molar refractivity (Wildman–Crippen MR) is 136 cm³/mol. The summed E-state index contributed by atoms with van der Waals surface area (Å²) in [5, 5.41) is 9.17. The van der Waals surface area contributed by atoms with Gasteiger partial charge in [-0.1, -0.05) is 0 Å². The van der Waals surface area contributed by atoms with Gasteiger partial charge in [0.15, 0.2) is 5.78 Å². The van der Waals surface area contributed by atoms with E-state index in [-0.39, 0.29) is 17.0 Å². The second-order valence-corrected chi connectivity index (χ2v) is 8.48. The second-order valence-electron chi connectivity index (χ2n) is 8.48. The number of carbonyl (C=O) groups excluding carboxylic acids is 2. The molecule has 0 bridgehead atoms. The monoisotopic (exact) mass is 487 g/mol. The van der Waals surface area contributed by atoms with Crippen LogP contribution < -0.4 is 20.9 Å². The minimum Gasteiger partial charge on any atom is -0.368 e. The number of urea groups is 1. The number of anilines is 3. The first-order valence-electron chi connectivity index (χ1n) is 11.5. The molecule has 0 aliphatic carbocycles. The van der Waals surface area contributed by atoms with Gasteiger partial charge in [-0.15, -0.1) is 0 Å². The van der Waals surface area contributed by atoms with Crippen molar-refractivity contribution < 1.29 is 18.4 Å². The Hall–Kier alpha value is -4.37. The maximum Gasteiger partial charge on any atom is 0.323 e. The molecular weight excluding hydrogens is 464 g/mol. The first-order valence-corrected chi connectivity index (χ1v) is 11.5. The lowest BCUT2D eigenvalue weighted by Crippen LogP contribution is -2.43. The number of benzene rings is 3. The predicted octanol–water partition coefficient (Wildman–Crippen LogP) is 4.80. The summed E-state index contributed by atoms with van der Waals surface area (Å²) in [6.45, 7) is 3.54. The maximum absolute atomic E-state index is 14.4. The minimum atomic E-state index is -0.665. The molecule has 1 aromatic heterocycles. The highest BCUT2D eigenvalue weighted by atomic mass is 19.1. The molecule has 0 saturated carbocycles. The third-order valence-electron chi connectivity index (χ3n) is 5.93. The molecule has 9 heteroatoms. The molecule has 7 nitrogen and oxygen atoms in total. The lowest BCUT2D eigenvalue weighted by molar-refractivity contribution is 0.103. The summed E-state index contributed by atoms with van der Waals surface area (Å²) >= 11 is 0. The lowest BCUT2D eigenvalue weighted by Gasteiger charge is -2.29. The average molecular weight is 488 g/mol. The second kappa shape index (κ2) is 10.1. The summed E-state index contributed by atoms with van der Waals surface area (Å²) in [5.74, 6) is -1.48. The zero-order valence-corrected chi connectivity index (χ0v) is 19.2. The van der Waals surface area contributed by atoms with E-state index in [1.807, 2.05) is 12.3 Å². The Morgan fingerprint density at radius 1 is 0.806 bits per heavy atom. The van der Waals surface area contributed by atoms with Crippen LogP contribution in [0.5, 0.6) is 0 Å². The molecule has 0 spiro atoms. The standard InChI is InChI=1S/C27H23F2N5O2/c28-20-2-4-22(5-3-20)32-27(36)33-23-13-19(12-21(29)15-23)26(35)17-1-6-25-18(11-17)14-24(16-31-25)34-9-7-30-8-10-34/h1-6,11-16,30H,7-10H2,(H2,32,33,36). The van der Waals surface area contributed by atoms with Crippen LogP contribution in [0.1, 0.15) is 15.9 Å². The molecule has 1 saturated heterocycles. The van der Waals surface area contributed by atoms with Gasteiger partial charge in [0.25, 0.3) is 0 Å². The van der Waals surface area contributed by atoms with E-state index >= 15 is 0 Å². The van der Waals surface area contributed by atoms with Gasteiger partial charge < -0.3 is 20.9 Å². The van der Waals surface area contributed by atoms with Crippen LogP contribution in [0.2, 0.25) is 0 Å². The lowest BCUT2D eigenvalue weighted by atomic mass is 10.0. The molecule has 0 radical (unpaired) electrons. The van der Waals surface area contributed by atoms with Gasteiger partial charge in [0.1, 0.15) is 11.6 Å². The quantitative estimate of drug-likeness (QED) is 0.352. The number of carbonyl (C=O) groups is 2. The highest BCUT2D eigenvalue weighted by molar-refractivity contribution is 6.11. The number of halogens is 2. The van der Waals surface area contributed by atoms with Crippen LogP contribution in [-0.2, 0) is 0 Å². The highest BCUT2D eigenvalue weighted by Gasteiger charge is 2.15. The SMILES string of the molecule is O=C(Nc1ccc(F)cc1)Nc1cc(F)cc(C(=O)c2ccc3ncc(N4CCNCC4)cc3c2)c1. The summed E-state index contributed by atoms with van der Waals surface area (Å²) in [6, 6.07) is 15.4. The van der Waals surface area contributed by atoms with Crippen molar-refractivity contribution in [3.05, 3.63) is 95.7 Å². The van der Waals surface area contributed by atoms with Gasteiger partial charge in [0, 0.05) is 54.1 Å².